The maximum absolute atomic E-state index is 9.27. The van der Waals surface area contributed by atoms with Gasteiger partial charge in [-0.3, -0.25) is 0 Å². The Bertz CT molecular complexity index is 385. The zero-order valence-corrected chi connectivity index (χ0v) is 11.5. The molecule has 0 saturated heterocycles. The first kappa shape index (κ1) is 12.4. The van der Waals surface area contributed by atoms with Crippen molar-refractivity contribution in [2.75, 3.05) is 18.1 Å². The second-order valence-corrected chi connectivity index (χ2v) is 6.15. The molecule has 0 aromatic carbocycles. The summed E-state index contributed by atoms with van der Waals surface area (Å²) in [6, 6.07) is 0.561. The van der Waals surface area contributed by atoms with E-state index < -0.39 is 0 Å². The van der Waals surface area contributed by atoms with Crippen molar-refractivity contribution >= 4 is 16.7 Å². The molecule has 2 aliphatic carbocycles. The lowest BCUT2D eigenvalue weighted by molar-refractivity contribution is 0.290. The molecule has 1 heterocycles. The molecule has 100 valence electrons. The summed E-state index contributed by atoms with van der Waals surface area (Å²) < 4.78 is 4.48. The number of hydrogen-bond donors (Lipinski definition) is 1. The fourth-order valence-corrected chi connectivity index (χ4v) is 3.63. The molecule has 2 fully saturated rings. The molecule has 0 atom stereocenters. The highest BCUT2D eigenvalue weighted by Crippen LogP contribution is 2.40. The first-order valence-corrected chi connectivity index (χ1v) is 7.87. The number of anilines is 1. The molecule has 0 radical (unpaired) electrons. The number of aliphatic hydroxyl groups excluding tert-OH is 1. The van der Waals surface area contributed by atoms with E-state index in [9.17, 15) is 5.11 Å². The van der Waals surface area contributed by atoms with E-state index in [1.54, 1.807) is 0 Å². The van der Waals surface area contributed by atoms with E-state index >= 15 is 0 Å². The van der Waals surface area contributed by atoms with E-state index in [0.29, 0.717) is 18.5 Å². The molecule has 1 N–H and O–H groups in total. The second-order valence-electron chi connectivity index (χ2n) is 5.42. The molecule has 0 spiro atoms. The van der Waals surface area contributed by atoms with Gasteiger partial charge in [-0.15, -0.1) is 0 Å². The molecule has 1 aromatic heterocycles. The van der Waals surface area contributed by atoms with Crippen molar-refractivity contribution < 1.29 is 5.11 Å². The maximum Gasteiger partial charge on any atom is 0.205 e. The van der Waals surface area contributed by atoms with Gasteiger partial charge in [0.05, 0.1) is 6.61 Å². The maximum atomic E-state index is 9.27. The molecule has 1 aromatic rings. The first-order chi connectivity index (χ1) is 8.88. The zero-order chi connectivity index (χ0) is 12.4. The van der Waals surface area contributed by atoms with Crippen LogP contribution in [-0.2, 0) is 0 Å². The lowest BCUT2D eigenvalue weighted by Gasteiger charge is -2.33. The van der Waals surface area contributed by atoms with Crippen LogP contribution in [0, 0.1) is 0 Å². The number of nitrogens with zero attached hydrogens (tertiary/aromatic N) is 3. The van der Waals surface area contributed by atoms with Crippen LogP contribution in [0.3, 0.4) is 0 Å². The topological polar surface area (TPSA) is 49.2 Å². The van der Waals surface area contributed by atoms with E-state index in [0.717, 1.165) is 11.0 Å². The van der Waals surface area contributed by atoms with Crippen LogP contribution in [0.4, 0.5) is 5.13 Å². The average molecular weight is 267 g/mol. The van der Waals surface area contributed by atoms with Gasteiger partial charge in [0.1, 0.15) is 5.82 Å². The fourth-order valence-electron chi connectivity index (χ4n) is 2.79. The highest BCUT2D eigenvalue weighted by Gasteiger charge is 2.30. The molecule has 2 saturated carbocycles. The van der Waals surface area contributed by atoms with Crippen LogP contribution >= 0.6 is 11.5 Å². The van der Waals surface area contributed by atoms with Gasteiger partial charge in [-0.1, -0.05) is 19.3 Å². The molecule has 0 bridgehead atoms. The third-order valence-electron chi connectivity index (χ3n) is 3.98. The lowest BCUT2D eigenvalue weighted by atomic mass is 9.94. The van der Waals surface area contributed by atoms with Gasteiger partial charge in [0.25, 0.3) is 0 Å². The van der Waals surface area contributed by atoms with Gasteiger partial charge < -0.3 is 10.0 Å². The van der Waals surface area contributed by atoms with Gasteiger partial charge in [-0.2, -0.15) is 4.37 Å². The zero-order valence-electron chi connectivity index (χ0n) is 10.7. The molecular formula is C13H21N3OS. The van der Waals surface area contributed by atoms with Crippen LogP contribution in [0.15, 0.2) is 0 Å². The summed E-state index contributed by atoms with van der Waals surface area (Å²) in [7, 11) is 0. The summed E-state index contributed by atoms with van der Waals surface area (Å²) in [4.78, 5) is 6.98. The van der Waals surface area contributed by atoms with Gasteiger partial charge in [0.15, 0.2) is 0 Å². The summed E-state index contributed by atoms with van der Waals surface area (Å²) in [5.41, 5.74) is 0. The second kappa shape index (κ2) is 5.53. The van der Waals surface area contributed by atoms with Crippen molar-refractivity contribution in [1.29, 1.82) is 0 Å². The van der Waals surface area contributed by atoms with E-state index in [4.69, 9.17) is 0 Å². The quantitative estimate of drug-likeness (QED) is 0.890. The van der Waals surface area contributed by atoms with E-state index in [2.05, 4.69) is 14.3 Å². The fraction of sp³-hybridized carbons (Fsp3) is 0.846. The average Bonchev–Trinajstić information content (AvgIpc) is 3.16. The third kappa shape index (κ3) is 2.67. The van der Waals surface area contributed by atoms with Crippen molar-refractivity contribution in [2.24, 2.45) is 0 Å². The van der Waals surface area contributed by atoms with Gasteiger partial charge in [-0.25, -0.2) is 4.98 Å². The Morgan fingerprint density at radius 1 is 1.17 bits per heavy atom. The summed E-state index contributed by atoms with van der Waals surface area (Å²) in [6.45, 7) is 0.902. The number of aromatic nitrogens is 2. The van der Waals surface area contributed by atoms with Crippen LogP contribution in [-0.4, -0.2) is 33.7 Å². The molecular weight excluding hydrogens is 246 g/mol. The standard InChI is InChI=1S/C13H21N3OS/c17-9-8-16(11-4-2-1-3-5-11)13-14-12(15-18-13)10-6-7-10/h10-11,17H,1-9H2. The largest absolute Gasteiger partial charge is 0.395 e. The van der Waals surface area contributed by atoms with E-state index in [1.807, 2.05) is 0 Å². The van der Waals surface area contributed by atoms with Crippen molar-refractivity contribution in [2.45, 2.75) is 56.9 Å². The van der Waals surface area contributed by atoms with Gasteiger partial charge in [0.2, 0.25) is 5.13 Å². The molecule has 4 nitrogen and oxygen atoms in total. The molecule has 2 aliphatic rings. The Hall–Kier alpha value is -0.680. The minimum absolute atomic E-state index is 0.203. The molecule has 0 amide bonds. The Morgan fingerprint density at radius 3 is 2.61 bits per heavy atom. The smallest absolute Gasteiger partial charge is 0.205 e. The Balaban J connectivity index is 1.73. The van der Waals surface area contributed by atoms with Crippen molar-refractivity contribution in [1.82, 2.24) is 9.36 Å². The molecule has 18 heavy (non-hydrogen) atoms. The van der Waals surface area contributed by atoms with Crippen LogP contribution in [0.25, 0.3) is 0 Å². The third-order valence-corrected chi connectivity index (χ3v) is 4.74. The summed E-state index contributed by atoms with van der Waals surface area (Å²) in [5.74, 6) is 1.66. The summed E-state index contributed by atoms with van der Waals surface area (Å²) >= 11 is 1.51. The molecule has 5 heteroatoms. The summed E-state index contributed by atoms with van der Waals surface area (Å²) in [6.07, 6.45) is 8.94. The molecule has 0 unspecified atom stereocenters. The predicted molar refractivity (Wildman–Crippen MR) is 73.2 cm³/mol. The highest BCUT2D eigenvalue weighted by molar-refractivity contribution is 7.09. The van der Waals surface area contributed by atoms with Crippen molar-refractivity contribution in [3.05, 3.63) is 5.82 Å². The minimum atomic E-state index is 0.203. The number of aliphatic hydroxyl groups is 1. The van der Waals surface area contributed by atoms with Gasteiger partial charge >= 0.3 is 0 Å². The van der Waals surface area contributed by atoms with E-state index in [-0.39, 0.29) is 6.61 Å². The number of rotatable bonds is 5. The molecule has 3 rings (SSSR count). The van der Waals surface area contributed by atoms with Gasteiger partial charge in [-0.05, 0) is 25.7 Å². The Kier molecular flexibility index (Phi) is 3.80. The van der Waals surface area contributed by atoms with Crippen molar-refractivity contribution in [3.8, 4) is 0 Å². The Labute approximate surface area is 112 Å². The van der Waals surface area contributed by atoms with Crippen LogP contribution in [0.5, 0.6) is 0 Å². The SMILES string of the molecule is OCCN(c1nc(C2CC2)ns1)C1CCCCC1. The Morgan fingerprint density at radius 2 is 1.94 bits per heavy atom. The highest BCUT2D eigenvalue weighted by atomic mass is 32.1. The normalized spacial score (nSPS) is 21.2. The number of hydrogen-bond acceptors (Lipinski definition) is 5. The summed E-state index contributed by atoms with van der Waals surface area (Å²) in [5, 5.41) is 10.3. The van der Waals surface area contributed by atoms with E-state index in [1.165, 1.54) is 56.5 Å². The van der Waals surface area contributed by atoms with Crippen LogP contribution in [0.2, 0.25) is 0 Å². The molecule has 0 aliphatic heterocycles. The van der Waals surface area contributed by atoms with Crippen LogP contribution in [0.1, 0.15) is 56.7 Å². The minimum Gasteiger partial charge on any atom is -0.395 e. The first-order valence-electron chi connectivity index (χ1n) is 7.09. The van der Waals surface area contributed by atoms with Crippen molar-refractivity contribution in [3.63, 3.8) is 0 Å². The predicted octanol–water partition coefficient (Wildman–Crippen LogP) is 2.55. The lowest BCUT2D eigenvalue weighted by Crippen LogP contribution is -2.38. The monoisotopic (exact) mass is 267 g/mol. The van der Waals surface area contributed by atoms with Crippen LogP contribution < -0.4 is 4.90 Å². The van der Waals surface area contributed by atoms with Gasteiger partial charge in [0, 0.05) is 30.0 Å².